The first-order valence-electron chi connectivity index (χ1n) is 16.9. The van der Waals surface area contributed by atoms with Gasteiger partial charge in [-0.3, -0.25) is 19.3 Å². The summed E-state index contributed by atoms with van der Waals surface area (Å²) in [5.74, 6) is 0.354. The van der Waals surface area contributed by atoms with Crippen LogP contribution in [0.2, 0.25) is 11.1 Å². The van der Waals surface area contributed by atoms with Gasteiger partial charge in [0, 0.05) is 45.1 Å². The third kappa shape index (κ3) is 12.0. The van der Waals surface area contributed by atoms with Gasteiger partial charge in [0.05, 0.1) is 26.3 Å². The number of benzene rings is 2. The Morgan fingerprint density at radius 1 is 0.894 bits per heavy atom. The molecule has 2 aromatic rings. The van der Waals surface area contributed by atoms with E-state index in [1.54, 1.807) is 7.11 Å². The van der Waals surface area contributed by atoms with Crippen molar-refractivity contribution in [2.24, 2.45) is 0 Å². The number of carbonyl (C=O) groups excluding carboxylic acids is 3. The van der Waals surface area contributed by atoms with E-state index in [1.165, 1.54) is 0 Å². The monoisotopic (exact) mass is 669 g/mol. The summed E-state index contributed by atoms with van der Waals surface area (Å²) in [6.45, 7) is 15.4. The number of esters is 1. The lowest BCUT2D eigenvalue weighted by Gasteiger charge is -2.44. The van der Waals surface area contributed by atoms with E-state index in [0.29, 0.717) is 39.2 Å². The van der Waals surface area contributed by atoms with Crippen molar-refractivity contribution in [1.29, 1.82) is 0 Å². The number of carbonyl (C=O) groups is 3. The van der Waals surface area contributed by atoms with Gasteiger partial charge in [0.2, 0.25) is 11.8 Å². The maximum atomic E-state index is 13.3. The Morgan fingerprint density at radius 2 is 1.57 bits per heavy atom. The quantitative estimate of drug-likeness (QED) is 0.165. The predicted octanol–water partition coefficient (Wildman–Crippen LogP) is 5.44. The van der Waals surface area contributed by atoms with Crippen molar-refractivity contribution < 1.29 is 32.7 Å². The van der Waals surface area contributed by atoms with Crippen molar-refractivity contribution in [3.63, 3.8) is 0 Å². The van der Waals surface area contributed by atoms with Crippen LogP contribution in [0.15, 0.2) is 54.6 Å². The van der Waals surface area contributed by atoms with Crippen molar-refractivity contribution in [2.75, 3.05) is 39.9 Å². The van der Waals surface area contributed by atoms with E-state index < -0.39 is 8.56 Å². The second-order valence-electron chi connectivity index (χ2n) is 13.1. The lowest BCUT2D eigenvalue weighted by Crippen LogP contribution is -2.60. The number of rotatable bonds is 18. The summed E-state index contributed by atoms with van der Waals surface area (Å²) < 4.78 is 24.0. The third-order valence-electron chi connectivity index (χ3n) is 8.50. The molecule has 1 fully saturated rings. The summed E-state index contributed by atoms with van der Waals surface area (Å²) in [6, 6.07) is 17.0. The van der Waals surface area contributed by atoms with Crippen LogP contribution in [0.1, 0.15) is 71.9 Å². The molecule has 1 unspecified atom stereocenters. The molecule has 0 spiro atoms. The largest absolute Gasteiger partial charge is 0.497 e. The van der Waals surface area contributed by atoms with Gasteiger partial charge in [-0.2, -0.15) is 0 Å². The topological polar surface area (TPSA) is 107 Å². The summed E-state index contributed by atoms with van der Waals surface area (Å²) in [7, 11) is -1.02. The van der Waals surface area contributed by atoms with Gasteiger partial charge in [0.15, 0.2) is 0 Å². The molecular weight excluding hydrogens is 614 g/mol. The minimum atomic E-state index is -2.64. The zero-order chi connectivity index (χ0) is 34.4. The minimum Gasteiger partial charge on any atom is -0.497 e. The molecule has 0 bridgehead atoms. The van der Waals surface area contributed by atoms with Crippen LogP contribution in [0.3, 0.4) is 0 Å². The SMILES string of the molecule is COc1ccc(CNC(=O)CN2CCN(C(=O)CCCC(=O)OCc3ccccc3)CC2CO[Si](OC(C)C)(C(C)C)C(C)C)cc1. The number of ether oxygens (including phenoxy) is 2. The van der Waals surface area contributed by atoms with Crippen LogP contribution >= 0.6 is 0 Å². The zero-order valence-corrected chi connectivity index (χ0v) is 30.3. The Morgan fingerprint density at radius 3 is 2.19 bits per heavy atom. The molecular formula is C36H55N3O7Si. The van der Waals surface area contributed by atoms with Crippen LogP contribution in [0.25, 0.3) is 0 Å². The highest BCUT2D eigenvalue weighted by Crippen LogP contribution is 2.36. The Bertz CT molecular complexity index is 1250. The van der Waals surface area contributed by atoms with Gasteiger partial charge < -0.3 is 28.5 Å². The van der Waals surface area contributed by atoms with Crippen molar-refractivity contribution >= 4 is 26.3 Å². The van der Waals surface area contributed by atoms with E-state index >= 15 is 0 Å². The maximum Gasteiger partial charge on any atom is 0.343 e. The molecule has 0 saturated carbocycles. The number of nitrogens with zero attached hydrogens (tertiary/aromatic N) is 2. The van der Waals surface area contributed by atoms with Crippen molar-refractivity contribution in [2.45, 2.75) is 97.2 Å². The van der Waals surface area contributed by atoms with E-state index in [-0.39, 0.29) is 67.0 Å². The van der Waals surface area contributed by atoms with Gasteiger partial charge in [0.25, 0.3) is 0 Å². The van der Waals surface area contributed by atoms with Crippen molar-refractivity contribution in [1.82, 2.24) is 15.1 Å². The zero-order valence-electron chi connectivity index (χ0n) is 29.3. The number of hydrogen-bond acceptors (Lipinski definition) is 8. The molecule has 1 heterocycles. The summed E-state index contributed by atoms with van der Waals surface area (Å²) in [4.78, 5) is 42.7. The minimum absolute atomic E-state index is 0.0101. The summed E-state index contributed by atoms with van der Waals surface area (Å²) in [5.41, 5.74) is 2.34. The first-order chi connectivity index (χ1) is 22.4. The van der Waals surface area contributed by atoms with Crippen LogP contribution < -0.4 is 10.1 Å². The highest BCUT2D eigenvalue weighted by Gasteiger charge is 2.47. The van der Waals surface area contributed by atoms with E-state index in [1.807, 2.05) is 73.3 Å². The van der Waals surface area contributed by atoms with Gasteiger partial charge >= 0.3 is 14.5 Å². The molecule has 1 N–H and O–H groups in total. The highest BCUT2D eigenvalue weighted by molar-refractivity contribution is 6.70. The van der Waals surface area contributed by atoms with Crippen LogP contribution in [-0.2, 0) is 41.1 Å². The predicted molar refractivity (Wildman–Crippen MR) is 185 cm³/mol. The molecule has 3 rings (SSSR count). The maximum absolute atomic E-state index is 13.3. The van der Waals surface area contributed by atoms with E-state index in [2.05, 4.69) is 37.9 Å². The van der Waals surface area contributed by atoms with Crippen molar-refractivity contribution in [3.8, 4) is 5.75 Å². The first-order valence-corrected chi connectivity index (χ1v) is 18.8. The normalized spacial score (nSPS) is 15.7. The number of nitrogens with one attached hydrogen (secondary N) is 1. The third-order valence-corrected chi connectivity index (χ3v) is 13.2. The molecule has 2 aromatic carbocycles. The average Bonchev–Trinajstić information content (AvgIpc) is 3.05. The second kappa shape index (κ2) is 18.9. The van der Waals surface area contributed by atoms with Crippen LogP contribution in [0.4, 0.5) is 0 Å². The summed E-state index contributed by atoms with van der Waals surface area (Å²) >= 11 is 0. The number of piperazine rings is 1. The lowest BCUT2D eigenvalue weighted by molar-refractivity contribution is -0.145. The molecule has 11 heteroatoms. The van der Waals surface area contributed by atoms with Crippen LogP contribution in [0.5, 0.6) is 5.75 Å². The molecule has 0 aromatic heterocycles. The average molecular weight is 670 g/mol. The molecule has 47 heavy (non-hydrogen) atoms. The molecule has 0 aliphatic carbocycles. The van der Waals surface area contributed by atoms with E-state index in [9.17, 15) is 14.4 Å². The summed E-state index contributed by atoms with van der Waals surface area (Å²) in [5, 5.41) is 3.03. The van der Waals surface area contributed by atoms with Crippen LogP contribution in [0, 0.1) is 0 Å². The fourth-order valence-electron chi connectivity index (χ4n) is 5.92. The molecule has 1 aliphatic rings. The van der Waals surface area contributed by atoms with Gasteiger partial charge in [-0.05, 0) is 54.6 Å². The fraction of sp³-hybridized carbons (Fsp3) is 0.583. The molecule has 10 nitrogen and oxygen atoms in total. The van der Waals surface area contributed by atoms with Crippen molar-refractivity contribution in [3.05, 3.63) is 65.7 Å². The molecule has 1 saturated heterocycles. The molecule has 1 aliphatic heterocycles. The van der Waals surface area contributed by atoms with Crippen LogP contribution in [-0.4, -0.2) is 88.2 Å². The standard InChI is InChI=1S/C36H55N3O7Si/c1-27(2)46-47(28(3)4,29(5)6)45-26-32-23-39(35(41)14-11-15-36(42)44-25-31-12-9-8-10-13-31)21-20-38(32)24-34(40)37-22-30-16-18-33(43-7)19-17-30/h8-10,12-13,16-19,27-29,32H,11,14-15,20-26H2,1-7H3,(H,37,40). The van der Waals surface area contributed by atoms with Gasteiger partial charge in [-0.25, -0.2) is 0 Å². The Labute approximate surface area is 282 Å². The lowest BCUT2D eigenvalue weighted by atomic mass is 10.1. The number of amides is 2. The fourth-order valence-corrected chi connectivity index (χ4v) is 9.73. The molecule has 1 atom stereocenters. The number of hydrogen-bond donors (Lipinski definition) is 1. The van der Waals surface area contributed by atoms with Gasteiger partial charge in [-0.1, -0.05) is 70.2 Å². The Kier molecular flexibility index (Phi) is 15.4. The first kappa shape index (κ1) is 38.2. The second-order valence-corrected chi connectivity index (χ2v) is 17.4. The number of methoxy groups -OCH3 is 1. The van der Waals surface area contributed by atoms with Gasteiger partial charge in [-0.15, -0.1) is 0 Å². The van der Waals surface area contributed by atoms with E-state index in [4.69, 9.17) is 18.3 Å². The molecule has 2 amide bonds. The Balaban J connectivity index is 1.61. The Hall–Kier alpha value is -3.25. The highest BCUT2D eigenvalue weighted by atomic mass is 28.4. The summed E-state index contributed by atoms with van der Waals surface area (Å²) in [6.07, 6.45) is 0.877. The molecule has 0 radical (unpaired) electrons. The van der Waals surface area contributed by atoms with Gasteiger partial charge in [0.1, 0.15) is 12.4 Å². The van der Waals surface area contributed by atoms with E-state index in [0.717, 1.165) is 16.9 Å². The molecule has 260 valence electrons. The smallest absolute Gasteiger partial charge is 0.343 e.